The second kappa shape index (κ2) is 5.65. The topological polar surface area (TPSA) is 55.2 Å². The van der Waals surface area contributed by atoms with E-state index < -0.39 is 10.0 Å². The highest BCUT2D eigenvalue weighted by Gasteiger charge is 2.33. The van der Waals surface area contributed by atoms with Gasteiger partial charge in [0.2, 0.25) is 10.0 Å². The van der Waals surface area contributed by atoms with E-state index in [2.05, 4.69) is 5.10 Å². The van der Waals surface area contributed by atoms with Gasteiger partial charge in [-0.1, -0.05) is 35.9 Å². The van der Waals surface area contributed by atoms with Crippen molar-refractivity contribution in [1.82, 2.24) is 9.78 Å². The van der Waals surface area contributed by atoms with Crippen LogP contribution in [0.5, 0.6) is 0 Å². The molecule has 2 aromatic carbocycles. The van der Waals surface area contributed by atoms with Crippen LogP contribution in [0.25, 0.3) is 5.69 Å². The molecular formula is C17H14ClN3O2S. The first-order valence-corrected chi connectivity index (χ1v) is 9.40. The SMILES string of the molecule is O=S1(=O)Cc2ccc(Cl)cc2N1Cc1ccn(-c2ccccc2)n1. The number of aromatic nitrogens is 2. The maximum Gasteiger partial charge on any atom is 0.239 e. The third-order valence-corrected chi connectivity index (χ3v) is 5.87. The zero-order chi connectivity index (χ0) is 16.7. The van der Waals surface area contributed by atoms with Gasteiger partial charge in [0.15, 0.2) is 0 Å². The molecule has 0 bridgehead atoms. The molecule has 7 heteroatoms. The largest absolute Gasteiger partial charge is 0.264 e. The van der Waals surface area contributed by atoms with Gasteiger partial charge < -0.3 is 0 Å². The van der Waals surface area contributed by atoms with E-state index in [1.807, 2.05) is 42.6 Å². The predicted molar refractivity (Wildman–Crippen MR) is 93.8 cm³/mol. The summed E-state index contributed by atoms with van der Waals surface area (Å²) in [7, 11) is -3.39. The van der Waals surface area contributed by atoms with Gasteiger partial charge in [-0.2, -0.15) is 5.10 Å². The van der Waals surface area contributed by atoms with Crippen molar-refractivity contribution in [3.63, 3.8) is 0 Å². The van der Waals surface area contributed by atoms with Crippen LogP contribution in [0.1, 0.15) is 11.3 Å². The van der Waals surface area contributed by atoms with E-state index in [0.29, 0.717) is 16.4 Å². The van der Waals surface area contributed by atoms with Gasteiger partial charge in [-0.25, -0.2) is 13.1 Å². The van der Waals surface area contributed by atoms with Gasteiger partial charge in [0, 0.05) is 11.2 Å². The Labute approximate surface area is 145 Å². The van der Waals surface area contributed by atoms with E-state index in [-0.39, 0.29) is 12.3 Å². The molecule has 0 spiro atoms. The van der Waals surface area contributed by atoms with Crippen molar-refractivity contribution < 1.29 is 8.42 Å². The Kier molecular flexibility index (Phi) is 3.58. The lowest BCUT2D eigenvalue weighted by Gasteiger charge is -2.17. The molecule has 1 aliphatic heterocycles. The van der Waals surface area contributed by atoms with Crippen LogP contribution < -0.4 is 4.31 Å². The minimum absolute atomic E-state index is 0.00110. The van der Waals surface area contributed by atoms with Crippen LogP contribution in [0.4, 0.5) is 5.69 Å². The molecule has 4 rings (SSSR count). The Balaban J connectivity index is 1.66. The van der Waals surface area contributed by atoms with Crippen molar-refractivity contribution in [2.45, 2.75) is 12.3 Å². The Bertz CT molecular complexity index is 1000. The number of halogens is 1. The van der Waals surface area contributed by atoms with Gasteiger partial charge in [-0.15, -0.1) is 0 Å². The lowest BCUT2D eigenvalue weighted by Crippen LogP contribution is -2.26. The average molecular weight is 360 g/mol. The zero-order valence-corrected chi connectivity index (χ0v) is 14.2. The first-order valence-electron chi connectivity index (χ1n) is 7.42. The van der Waals surface area contributed by atoms with Gasteiger partial charge >= 0.3 is 0 Å². The molecule has 0 aliphatic carbocycles. The standard InChI is InChI=1S/C17H14ClN3O2S/c18-14-7-6-13-12-24(22,23)21(17(13)10-14)11-15-8-9-20(19-15)16-4-2-1-3-5-16/h1-10H,11-12H2. The van der Waals surface area contributed by atoms with Crippen LogP contribution in [0, 0.1) is 0 Å². The van der Waals surface area contributed by atoms with Crippen molar-refractivity contribution in [3.05, 3.63) is 77.1 Å². The van der Waals surface area contributed by atoms with E-state index in [0.717, 1.165) is 11.3 Å². The van der Waals surface area contributed by atoms with E-state index in [1.54, 1.807) is 22.9 Å². The Hall–Kier alpha value is -2.31. The molecule has 122 valence electrons. The third-order valence-electron chi connectivity index (χ3n) is 3.96. The summed E-state index contributed by atoms with van der Waals surface area (Å²) >= 11 is 6.03. The van der Waals surface area contributed by atoms with Gasteiger partial charge in [-0.05, 0) is 35.9 Å². The van der Waals surface area contributed by atoms with Gasteiger partial charge in [-0.3, -0.25) is 4.31 Å². The first-order chi connectivity index (χ1) is 11.5. The lowest BCUT2D eigenvalue weighted by molar-refractivity contribution is 0.592. The summed E-state index contributed by atoms with van der Waals surface area (Å²) in [5.74, 6) is -0.00110. The fourth-order valence-corrected chi connectivity index (χ4v) is 4.57. The molecule has 0 unspecified atom stereocenters. The second-order valence-electron chi connectivity index (χ2n) is 5.62. The highest BCUT2D eigenvalue weighted by atomic mass is 35.5. The summed E-state index contributed by atoms with van der Waals surface area (Å²) in [5, 5.41) is 5.00. The molecule has 0 radical (unpaired) electrons. The number of rotatable bonds is 3. The van der Waals surface area contributed by atoms with Crippen molar-refractivity contribution in [3.8, 4) is 5.69 Å². The number of fused-ring (bicyclic) bond motifs is 1. The first kappa shape index (κ1) is 15.2. The minimum atomic E-state index is -3.39. The summed E-state index contributed by atoms with van der Waals surface area (Å²) in [6, 6.07) is 16.7. The molecule has 1 aromatic heterocycles. The van der Waals surface area contributed by atoms with E-state index >= 15 is 0 Å². The molecule has 0 N–H and O–H groups in total. The molecule has 0 fully saturated rings. The number of benzene rings is 2. The number of para-hydroxylation sites is 1. The number of anilines is 1. The molecule has 5 nitrogen and oxygen atoms in total. The van der Waals surface area contributed by atoms with Crippen LogP contribution in [0.2, 0.25) is 5.02 Å². The molecule has 0 saturated heterocycles. The lowest BCUT2D eigenvalue weighted by atomic mass is 10.2. The van der Waals surface area contributed by atoms with Gasteiger partial charge in [0.05, 0.1) is 29.4 Å². The smallest absolute Gasteiger partial charge is 0.239 e. The average Bonchev–Trinajstić information content (AvgIpc) is 3.12. The molecule has 0 saturated carbocycles. The normalized spacial score (nSPS) is 15.5. The van der Waals surface area contributed by atoms with Gasteiger partial charge in [0.25, 0.3) is 0 Å². The number of nitrogens with zero attached hydrogens (tertiary/aromatic N) is 3. The molecule has 0 atom stereocenters. The van der Waals surface area contributed by atoms with Crippen LogP contribution in [0.15, 0.2) is 60.8 Å². The fraction of sp³-hybridized carbons (Fsp3) is 0.118. The molecule has 3 aromatic rings. The molecule has 2 heterocycles. The summed E-state index contributed by atoms with van der Waals surface area (Å²) in [4.78, 5) is 0. The summed E-state index contributed by atoms with van der Waals surface area (Å²) in [5.41, 5.74) is 3.00. The molecule has 1 aliphatic rings. The fourth-order valence-electron chi connectivity index (χ4n) is 2.82. The second-order valence-corrected chi connectivity index (χ2v) is 7.95. The van der Waals surface area contributed by atoms with Gasteiger partial charge in [0.1, 0.15) is 0 Å². The van der Waals surface area contributed by atoms with E-state index in [4.69, 9.17) is 11.6 Å². The molecule has 24 heavy (non-hydrogen) atoms. The van der Waals surface area contributed by atoms with Crippen LogP contribution >= 0.6 is 11.6 Å². The number of sulfonamides is 1. The maximum absolute atomic E-state index is 12.5. The van der Waals surface area contributed by atoms with Crippen molar-refractivity contribution >= 4 is 27.3 Å². The minimum Gasteiger partial charge on any atom is -0.264 e. The van der Waals surface area contributed by atoms with Crippen LogP contribution in [-0.4, -0.2) is 18.2 Å². The summed E-state index contributed by atoms with van der Waals surface area (Å²) < 4.78 is 28.0. The number of hydrogen-bond acceptors (Lipinski definition) is 3. The Morgan fingerprint density at radius 1 is 1.08 bits per heavy atom. The zero-order valence-electron chi connectivity index (χ0n) is 12.6. The quantitative estimate of drug-likeness (QED) is 0.720. The van der Waals surface area contributed by atoms with Crippen molar-refractivity contribution in [1.29, 1.82) is 0 Å². The van der Waals surface area contributed by atoms with Crippen molar-refractivity contribution in [2.75, 3.05) is 4.31 Å². The maximum atomic E-state index is 12.5. The Morgan fingerprint density at radius 3 is 2.67 bits per heavy atom. The highest BCUT2D eigenvalue weighted by Crippen LogP contribution is 2.36. The van der Waals surface area contributed by atoms with E-state index in [1.165, 1.54) is 4.31 Å². The number of hydrogen-bond donors (Lipinski definition) is 0. The highest BCUT2D eigenvalue weighted by molar-refractivity contribution is 7.92. The van der Waals surface area contributed by atoms with Crippen LogP contribution in [0.3, 0.4) is 0 Å². The van der Waals surface area contributed by atoms with Crippen LogP contribution in [-0.2, 0) is 22.3 Å². The Morgan fingerprint density at radius 2 is 1.88 bits per heavy atom. The summed E-state index contributed by atoms with van der Waals surface area (Å²) in [6.45, 7) is 0.190. The predicted octanol–water partition coefficient (Wildman–Crippen LogP) is 3.38. The van der Waals surface area contributed by atoms with Crippen molar-refractivity contribution in [2.24, 2.45) is 0 Å². The molecule has 0 amide bonds. The molecular weight excluding hydrogens is 346 g/mol. The summed E-state index contributed by atoms with van der Waals surface area (Å²) in [6.07, 6.45) is 1.83. The monoisotopic (exact) mass is 359 g/mol. The van der Waals surface area contributed by atoms with E-state index in [9.17, 15) is 8.42 Å². The third kappa shape index (κ3) is 2.68.